The Labute approximate surface area is 359 Å². The van der Waals surface area contributed by atoms with Gasteiger partial charge < -0.3 is 25.2 Å². The van der Waals surface area contributed by atoms with Gasteiger partial charge in [0, 0.05) is 81.0 Å². The van der Waals surface area contributed by atoms with Gasteiger partial charge >= 0.3 is 0 Å². The number of imide groups is 1. The van der Waals surface area contributed by atoms with E-state index >= 15 is 0 Å². The van der Waals surface area contributed by atoms with E-state index in [0.29, 0.717) is 39.1 Å². The summed E-state index contributed by atoms with van der Waals surface area (Å²) in [5, 5.41) is 18.6. The molecule has 2 N–H and O–H groups in total. The standard InChI is InChI=1S/C45H51ClN10O5/c1-43(2)41(44(3,4)42(43)61-31-8-5-28(21-47)33(46)20-31)55-37(57)12-10-35(40(55)60)56-39(59)32-19-30(7-9-34(32)50-51-56)53-17-14-45(15-18-53)25-52(26-45)23-27-13-16-54(24-27)36-11-6-29(22-49-36)38(48)58/h5-9,11,19-20,22,27,35,41-42H,10,12-18,23-26H2,1-4H3,(H2,48,58)/t27-,35-,41?,42?/m1/s1. The van der Waals surface area contributed by atoms with E-state index in [1.54, 1.807) is 30.5 Å². The number of pyridine rings is 1. The van der Waals surface area contributed by atoms with Crippen LogP contribution in [0.4, 0.5) is 11.5 Å². The van der Waals surface area contributed by atoms with Crippen LogP contribution in [-0.4, -0.2) is 105 Å². The quantitative estimate of drug-likeness (QED) is 0.227. The van der Waals surface area contributed by atoms with Crippen molar-refractivity contribution >= 4 is 51.7 Å². The smallest absolute Gasteiger partial charge is 0.278 e. The molecule has 9 rings (SSSR count). The first kappa shape index (κ1) is 40.8. The number of carbonyl (C=O) groups excluding carboxylic acids is 3. The number of carbonyl (C=O) groups is 3. The Kier molecular flexibility index (Phi) is 10.1. The fourth-order valence-corrected chi connectivity index (χ4v) is 11.7. The Morgan fingerprint density at radius 3 is 2.39 bits per heavy atom. The maximum Gasteiger partial charge on any atom is 0.278 e. The zero-order valence-electron chi connectivity index (χ0n) is 35.0. The van der Waals surface area contributed by atoms with Gasteiger partial charge in [0.15, 0.2) is 0 Å². The molecule has 2 aromatic heterocycles. The van der Waals surface area contributed by atoms with Crippen LogP contribution < -0.4 is 25.8 Å². The minimum Gasteiger partial charge on any atom is -0.489 e. The number of aromatic nitrogens is 4. The van der Waals surface area contributed by atoms with Crippen molar-refractivity contribution in [1.82, 2.24) is 29.8 Å². The zero-order chi connectivity index (χ0) is 43.0. The van der Waals surface area contributed by atoms with Gasteiger partial charge in [-0.25, -0.2) is 4.98 Å². The zero-order valence-corrected chi connectivity index (χ0v) is 35.8. The molecular weight excluding hydrogens is 796 g/mol. The second-order valence-corrected chi connectivity index (χ2v) is 19.4. The highest BCUT2D eigenvalue weighted by atomic mass is 35.5. The Hall–Kier alpha value is -5.59. The number of halogens is 1. The van der Waals surface area contributed by atoms with Crippen LogP contribution in [0.1, 0.15) is 81.8 Å². The van der Waals surface area contributed by atoms with Gasteiger partial charge in [0.2, 0.25) is 11.8 Å². The van der Waals surface area contributed by atoms with Gasteiger partial charge in [0.05, 0.1) is 27.6 Å². The summed E-state index contributed by atoms with van der Waals surface area (Å²) in [6.07, 6.45) is 4.63. The molecule has 61 heavy (non-hydrogen) atoms. The van der Waals surface area contributed by atoms with Crippen LogP contribution in [0, 0.1) is 33.5 Å². The number of likely N-dealkylation sites (tertiary alicyclic amines) is 2. The molecule has 5 aliphatic rings. The maximum atomic E-state index is 14.4. The minimum atomic E-state index is -0.982. The summed E-state index contributed by atoms with van der Waals surface area (Å²) in [4.78, 5) is 66.7. The second-order valence-electron chi connectivity index (χ2n) is 19.0. The molecule has 0 bridgehead atoms. The molecule has 6 heterocycles. The van der Waals surface area contributed by atoms with Crippen molar-refractivity contribution in [2.45, 2.75) is 78.0 Å². The highest BCUT2D eigenvalue weighted by Crippen LogP contribution is 2.59. The molecule has 2 aromatic carbocycles. The van der Waals surface area contributed by atoms with Crippen LogP contribution >= 0.6 is 11.6 Å². The van der Waals surface area contributed by atoms with Crippen molar-refractivity contribution in [3.05, 3.63) is 81.2 Å². The first-order valence-electron chi connectivity index (χ1n) is 21.2. The molecule has 16 heteroatoms. The van der Waals surface area contributed by atoms with Crippen molar-refractivity contribution in [3.8, 4) is 11.8 Å². The number of fused-ring (bicyclic) bond motifs is 1. The Balaban J connectivity index is 0.837. The summed E-state index contributed by atoms with van der Waals surface area (Å²) in [5.41, 5.74) is 6.12. The SMILES string of the molecule is CC1(C)C(Oc2ccc(C#N)c(Cl)c2)C(C)(C)C1N1C(=O)CC[C@@H](n2nnc3ccc(N4CCC5(CC4)CN(C[C@H]4CCN(c6ccc(C(N)=O)cn6)C4)C5)cc3c2=O)C1=O. The number of anilines is 2. The topological polar surface area (TPSA) is 184 Å². The molecule has 1 saturated carbocycles. The van der Waals surface area contributed by atoms with Gasteiger partial charge in [-0.2, -0.15) is 9.94 Å². The van der Waals surface area contributed by atoms with Crippen LogP contribution in [-0.2, 0) is 9.59 Å². The number of rotatable bonds is 9. The monoisotopic (exact) mass is 846 g/mol. The third-order valence-electron chi connectivity index (χ3n) is 14.2. The van der Waals surface area contributed by atoms with Gasteiger partial charge in [-0.1, -0.05) is 44.5 Å². The number of nitrogens with zero attached hydrogens (tertiary/aromatic N) is 9. The van der Waals surface area contributed by atoms with E-state index in [4.69, 9.17) is 22.1 Å². The molecule has 2 atom stereocenters. The fourth-order valence-electron chi connectivity index (χ4n) is 11.5. The molecule has 4 saturated heterocycles. The maximum absolute atomic E-state index is 14.4. The number of amides is 3. The predicted molar refractivity (Wildman–Crippen MR) is 229 cm³/mol. The van der Waals surface area contributed by atoms with Crippen molar-refractivity contribution in [2.24, 2.45) is 27.9 Å². The normalized spacial score (nSPS) is 25.6. The average molecular weight is 847 g/mol. The third-order valence-corrected chi connectivity index (χ3v) is 14.5. The molecule has 0 radical (unpaired) electrons. The molecule has 5 fully saturated rings. The van der Waals surface area contributed by atoms with E-state index in [-0.39, 0.29) is 23.8 Å². The second kappa shape index (κ2) is 15.1. The Morgan fingerprint density at radius 2 is 1.72 bits per heavy atom. The number of piperidine rings is 2. The van der Waals surface area contributed by atoms with Crippen LogP contribution in [0.3, 0.4) is 0 Å². The molecular formula is C45H51ClN10O5. The van der Waals surface area contributed by atoms with Crippen LogP contribution in [0.5, 0.6) is 5.75 Å². The fraction of sp³-hybridized carbons (Fsp3) is 0.511. The molecule has 4 aromatic rings. The van der Waals surface area contributed by atoms with E-state index in [0.717, 1.165) is 76.6 Å². The van der Waals surface area contributed by atoms with Gasteiger partial charge in [-0.3, -0.25) is 24.1 Å². The minimum absolute atomic E-state index is 0.0830. The summed E-state index contributed by atoms with van der Waals surface area (Å²) in [7, 11) is 0. The molecule has 318 valence electrons. The van der Waals surface area contributed by atoms with Gasteiger partial charge in [-0.05, 0) is 79.5 Å². The third kappa shape index (κ3) is 7.07. The summed E-state index contributed by atoms with van der Waals surface area (Å²) in [5.74, 6) is 0.720. The van der Waals surface area contributed by atoms with Crippen molar-refractivity contribution in [1.29, 1.82) is 5.26 Å². The highest BCUT2D eigenvalue weighted by Gasteiger charge is 2.68. The molecule has 3 amide bonds. The number of primary amides is 1. The number of nitriles is 1. The lowest BCUT2D eigenvalue weighted by atomic mass is 9.48. The predicted octanol–water partition coefficient (Wildman–Crippen LogP) is 4.81. The van der Waals surface area contributed by atoms with E-state index in [1.165, 1.54) is 9.58 Å². The van der Waals surface area contributed by atoms with Gasteiger partial charge in [0.1, 0.15) is 35.3 Å². The van der Waals surface area contributed by atoms with Crippen molar-refractivity contribution in [3.63, 3.8) is 0 Å². The first-order valence-corrected chi connectivity index (χ1v) is 21.6. The van der Waals surface area contributed by atoms with Gasteiger partial charge in [-0.15, -0.1) is 5.10 Å². The first-order chi connectivity index (χ1) is 29.1. The lowest BCUT2D eigenvalue weighted by molar-refractivity contribution is -0.216. The van der Waals surface area contributed by atoms with Gasteiger partial charge in [0.25, 0.3) is 11.5 Å². The number of benzene rings is 2. The molecule has 1 spiro atoms. The van der Waals surface area contributed by atoms with E-state index in [9.17, 15) is 24.4 Å². The Bertz CT molecular complexity index is 2500. The molecule has 4 aliphatic heterocycles. The largest absolute Gasteiger partial charge is 0.489 e. The summed E-state index contributed by atoms with van der Waals surface area (Å²) in [6.45, 7) is 14.8. The number of nitrogens with two attached hydrogens (primary N) is 1. The average Bonchev–Trinajstić information content (AvgIpc) is 3.70. The molecule has 15 nitrogen and oxygen atoms in total. The molecule has 1 aliphatic carbocycles. The van der Waals surface area contributed by atoms with E-state index in [1.807, 2.05) is 52.0 Å². The highest BCUT2D eigenvalue weighted by molar-refractivity contribution is 6.31. The lowest BCUT2D eigenvalue weighted by Crippen LogP contribution is -2.77. The van der Waals surface area contributed by atoms with Crippen LogP contribution in [0.15, 0.2) is 59.5 Å². The Morgan fingerprint density at radius 1 is 0.967 bits per heavy atom. The summed E-state index contributed by atoms with van der Waals surface area (Å²) in [6, 6.07) is 14.8. The van der Waals surface area contributed by atoms with E-state index < -0.39 is 46.4 Å². The van der Waals surface area contributed by atoms with Crippen molar-refractivity contribution < 1.29 is 19.1 Å². The lowest BCUT2D eigenvalue weighted by Gasteiger charge is -2.65. The van der Waals surface area contributed by atoms with Crippen molar-refractivity contribution in [2.75, 3.05) is 55.6 Å². The summed E-state index contributed by atoms with van der Waals surface area (Å²) >= 11 is 6.29. The van der Waals surface area contributed by atoms with E-state index in [2.05, 4.69) is 36.1 Å². The number of hydrogen-bond acceptors (Lipinski definition) is 12. The van der Waals surface area contributed by atoms with Crippen LogP contribution in [0.25, 0.3) is 10.9 Å². The number of hydrogen-bond donors (Lipinski definition) is 1. The summed E-state index contributed by atoms with van der Waals surface area (Å²) < 4.78 is 7.60. The molecule has 0 unspecified atom stereocenters. The number of ether oxygens (including phenoxy) is 1. The van der Waals surface area contributed by atoms with Crippen LogP contribution in [0.2, 0.25) is 5.02 Å².